The molecular weight excluding hydrogens is 1320 g/mol. The van der Waals surface area contributed by atoms with Gasteiger partial charge in [0.2, 0.25) is 0 Å². The molecule has 0 radical (unpaired) electrons. The molecule has 0 spiro atoms. The summed E-state index contributed by atoms with van der Waals surface area (Å²) in [5.74, 6) is 16.5. The molecule has 9 aromatic rings. The van der Waals surface area contributed by atoms with Gasteiger partial charge in [-0.1, -0.05) is 204 Å². The highest BCUT2D eigenvalue weighted by atomic mass is 32.2. The summed E-state index contributed by atoms with van der Waals surface area (Å²) < 4.78 is 0. The lowest BCUT2D eigenvalue weighted by Crippen LogP contribution is -2.18. The molecule has 0 bridgehead atoms. The normalized spacial score (nSPS) is 15.9. The summed E-state index contributed by atoms with van der Waals surface area (Å²) in [6, 6.07) is 58.0. The second-order valence-electron chi connectivity index (χ2n) is 22.6. The van der Waals surface area contributed by atoms with Gasteiger partial charge >= 0.3 is 0 Å². The molecule has 0 aromatic heterocycles. The van der Waals surface area contributed by atoms with Crippen molar-refractivity contribution in [1.29, 1.82) is 0 Å². The molecular formula is C86H118O6S6. The molecule has 6 aliphatic rings. The van der Waals surface area contributed by atoms with Crippen LogP contribution in [0.25, 0.3) is 32.3 Å². The number of fused-ring (bicyclic) bond motifs is 3. The molecule has 6 heterocycles. The van der Waals surface area contributed by atoms with Crippen molar-refractivity contribution < 1.29 is 30.6 Å². The van der Waals surface area contributed by atoms with Gasteiger partial charge in [0.05, 0.1) is 0 Å². The van der Waals surface area contributed by atoms with Gasteiger partial charge in [0.25, 0.3) is 0 Å². The van der Waals surface area contributed by atoms with Crippen LogP contribution in [0.5, 0.6) is 34.5 Å². The van der Waals surface area contributed by atoms with Crippen molar-refractivity contribution in [3.8, 4) is 34.5 Å². The quantitative estimate of drug-likeness (QED) is 0.152. The molecule has 6 saturated heterocycles. The Morgan fingerprint density at radius 3 is 0.847 bits per heavy atom. The van der Waals surface area contributed by atoms with Gasteiger partial charge in [0.15, 0.2) is 19.6 Å². The Morgan fingerprint density at radius 2 is 0.480 bits per heavy atom. The van der Waals surface area contributed by atoms with Crippen molar-refractivity contribution in [2.24, 2.45) is 0 Å². The van der Waals surface area contributed by atoms with Crippen LogP contribution in [-0.4, -0.2) is 69.0 Å². The van der Waals surface area contributed by atoms with Gasteiger partial charge in [-0.2, -0.15) is 0 Å². The van der Waals surface area contributed by atoms with Gasteiger partial charge in [-0.25, -0.2) is 0 Å². The van der Waals surface area contributed by atoms with Crippen molar-refractivity contribution in [3.63, 3.8) is 0 Å². The zero-order chi connectivity index (χ0) is 71.5. The summed E-state index contributed by atoms with van der Waals surface area (Å²) in [4.78, 5) is 7.73. The van der Waals surface area contributed by atoms with Crippen LogP contribution < -0.4 is 30.6 Å². The summed E-state index contributed by atoms with van der Waals surface area (Å²) >= 11 is 0. The maximum atomic E-state index is 12.3. The predicted octanol–water partition coefficient (Wildman–Crippen LogP) is 19.6. The number of hydrogen-bond acceptors (Lipinski definition) is 6. The average molecular weight is 1440 g/mol. The van der Waals surface area contributed by atoms with Gasteiger partial charge in [0, 0.05) is 76.1 Å². The van der Waals surface area contributed by atoms with Crippen molar-refractivity contribution in [1.82, 2.24) is 0 Å². The maximum absolute atomic E-state index is 12.3. The van der Waals surface area contributed by atoms with Crippen molar-refractivity contribution in [2.45, 2.75) is 202 Å². The zero-order valence-electron chi connectivity index (χ0n) is 61.6. The number of hydrogen-bond donors (Lipinski definition) is 0. The molecule has 0 atom stereocenters. The lowest BCUT2D eigenvalue weighted by Gasteiger charge is -2.17. The van der Waals surface area contributed by atoms with E-state index in [0.717, 1.165) is 31.3 Å². The molecule has 534 valence electrons. The smallest absolute Gasteiger partial charge is 0.162 e. The third-order valence-electron chi connectivity index (χ3n) is 16.6. The standard InChI is InChI=1S/C15H16OS.2C14H14OS.C11H14OS.2C10H12OS.6C2H6/c16-14-8-9-15(17-10-4-1-5-11-17)13-7-3-2-6-12(13)14;15-13-7-8-14(16-9-3-4-10-16)12-6-2-1-5-11(12)13;15-14-12-6-2-1-5-11(12)7-8-13(14)16-9-3-4-10-16;12-10-4-6-11(7-5-10)13-8-2-1-3-9-13;11-9-3-5-10(6-4-9)12-7-1-2-8-12;11-9-5-1-2-6-10(9)12-7-3-4-8-12;6*1-2/h2-3,6-9H,1,4-5,10-11H2;2*1-2,5-8H,3-4,9-10H2;4-7H,1-3,8-9H2;3-6H,1-2,7-8H2;1-2,5-6H,3-4,7-8H2;6*1-2H3. The molecule has 15 rings (SSSR count). The second-order valence-corrected chi connectivity index (χ2v) is 36.1. The third-order valence-corrected chi connectivity index (χ3v) is 31.7. The first-order valence-corrected chi connectivity index (χ1v) is 46.5. The van der Waals surface area contributed by atoms with E-state index >= 15 is 0 Å². The third kappa shape index (κ3) is 26.6. The molecule has 9 aromatic carbocycles. The van der Waals surface area contributed by atoms with Crippen LogP contribution in [0.15, 0.2) is 211 Å². The summed E-state index contributed by atoms with van der Waals surface area (Å²) in [7, 11) is 2.18. The topological polar surface area (TPSA) is 138 Å². The summed E-state index contributed by atoms with van der Waals surface area (Å²) in [6.07, 6.45) is 18.8. The van der Waals surface area contributed by atoms with Gasteiger partial charge in [0.1, 0.15) is 78.8 Å². The molecule has 6 aliphatic heterocycles. The SMILES string of the molecule is CC.CC.CC.CC.CC.CC.[O-]c1c([S+]2CCCC2)ccc2ccccc12.[O-]c1ccc([S+]2CCCC2)c2ccccc12.[O-]c1ccc([S+]2CCCC2)cc1.[O-]c1ccc([S+]2CCCCC2)c2ccccc12.[O-]c1ccc([S+]2CCCCC2)cc1.[O-]c1ccccc1[S+]1CCCC1. The van der Waals surface area contributed by atoms with E-state index in [-0.39, 0.29) is 56.3 Å². The minimum absolute atomic E-state index is 0.126. The second kappa shape index (κ2) is 50.1. The molecule has 0 saturated carbocycles. The van der Waals surface area contributed by atoms with E-state index < -0.39 is 0 Å². The van der Waals surface area contributed by atoms with E-state index in [9.17, 15) is 30.6 Å². The molecule has 6 nitrogen and oxygen atoms in total. The van der Waals surface area contributed by atoms with Crippen molar-refractivity contribution in [2.75, 3.05) is 69.0 Å². The van der Waals surface area contributed by atoms with E-state index in [1.54, 1.807) is 42.5 Å². The van der Waals surface area contributed by atoms with E-state index in [1.807, 2.05) is 186 Å². The Balaban J connectivity index is 0.000000243. The summed E-state index contributed by atoms with van der Waals surface area (Å²) in [5, 5.41) is 75.2. The molecule has 98 heavy (non-hydrogen) atoms. The van der Waals surface area contributed by atoms with E-state index in [0.29, 0.717) is 43.6 Å². The van der Waals surface area contributed by atoms with Crippen LogP contribution in [-0.2, 0) is 65.4 Å². The Morgan fingerprint density at radius 1 is 0.204 bits per heavy atom. The molecule has 0 unspecified atom stereocenters. The van der Waals surface area contributed by atoms with Crippen LogP contribution in [0, 0.1) is 0 Å². The van der Waals surface area contributed by atoms with Gasteiger partial charge < -0.3 is 30.6 Å². The van der Waals surface area contributed by atoms with Crippen LogP contribution in [0.4, 0.5) is 0 Å². The molecule has 12 heteroatoms. The highest BCUT2D eigenvalue weighted by Crippen LogP contribution is 2.37. The van der Waals surface area contributed by atoms with Crippen LogP contribution in [0.2, 0.25) is 0 Å². The Kier molecular flexibility index (Phi) is 43.5. The highest BCUT2D eigenvalue weighted by molar-refractivity contribution is 7.98. The summed E-state index contributed by atoms with van der Waals surface area (Å²) in [5.41, 5.74) is 0. The molecule has 0 aliphatic carbocycles. The van der Waals surface area contributed by atoms with Crippen molar-refractivity contribution >= 4 is 97.7 Å². The monoisotopic (exact) mass is 1440 g/mol. The first-order chi connectivity index (χ1) is 48.2. The lowest BCUT2D eigenvalue weighted by atomic mass is 10.1. The van der Waals surface area contributed by atoms with Gasteiger partial charge in [-0.15, -0.1) is 23.0 Å². The summed E-state index contributed by atoms with van der Waals surface area (Å²) in [6.45, 7) is 24.0. The Hall–Kier alpha value is -5.34. The molecule has 0 N–H and O–H groups in total. The molecule has 0 amide bonds. The Labute approximate surface area is 611 Å². The van der Waals surface area contributed by atoms with Crippen LogP contribution in [0.3, 0.4) is 0 Å². The largest absolute Gasteiger partial charge is 0.872 e. The van der Waals surface area contributed by atoms with E-state index in [1.165, 1.54) is 189 Å². The fourth-order valence-corrected chi connectivity index (χ4v) is 26.4. The van der Waals surface area contributed by atoms with Gasteiger partial charge in [-0.3, -0.25) is 0 Å². The first kappa shape index (κ1) is 85.1. The van der Waals surface area contributed by atoms with E-state index in [2.05, 4.69) is 36.4 Å². The predicted molar refractivity (Wildman–Crippen MR) is 433 cm³/mol. The number of para-hydroxylation sites is 1. The minimum atomic E-state index is 0.126. The fraction of sp³-hybridized carbons (Fsp3) is 0.442. The first-order valence-electron chi connectivity index (χ1n) is 37.1. The molecule has 6 fully saturated rings. The number of benzene rings is 9. The zero-order valence-corrected chi connectivity index (χ0v) is 66.5. The lowest BCUT2D eigenvalue weighted by molar-refractivity contribution is -0.272. The van der Waals surface area contributed by atoms with Crippen molar-refractivity contribution in [3.05, 3.63) is 182 Å². The average Bonchev–Trinajstić information content (AvgIpc) is 1.38. The van der Waals surface area contributed by atoms with Crippen LogP contribution in [0.1, 0.15) is 173 Å². The highest BCUT2D eigenvalue weighted by Gasteiger charge is 2.31. The number of rotatable bonds is 6. The maximum Gasteiger partial charge on any atom is 0.162 e. The minimum Gasteiger partial charge on any atom is -0.872 e. The Bertz CT molecular complexity index is 3520. The van der Waals surface area contributed by atoms with E-state index in [4.69, 9.17) is 0 Å². The van der Waals surface area contributed by atoms with Gasteiger partial charge in [-0.05, 0) is 184 Å². The fourth-order valence-electron chi connectivity index (χ4n) is 12.0. The van der Waals surface area contributed by atoms with Crippen LogP contribution >= 0.6 is 0 Å².